The molecule has 1 aromatic carbocycles. The molecule has 0 aliphatic rings. The SMILES string of the molecule is CCc1ccc(C(CN)N(C)C(C)CC(C)C)cc1. The van der Waals surface area contributed by atoms with Crippen molar-refractivity contribution < 1.29 is 0 Å². The van der Waals surface area contributed by atoms with Gasteiger partial charge in [-0.3, -0.25) is 4.90 Å². The number of nitrogens with zero attached hydrogens (tertiary/aromatic N) is 1. The molecule has 0 spiro atoms. The number of nitrogens with two attached hydrogens (primary N) is 1. The average molecular weight is 262 g/mol. The van der Waals surface area contributed by atoms with Gasteiger partial charge >= 0.3 is 0 Å². The summed E-state index contributed by atoms with van der Waals surface area (Å²) in [5.41, 5.74) is 8.72. The molecule has 1 aromatic rings. The van der Waals surface area contributed by atoms with Crippen LogP contribution in [0.2, 0.25) is 0 Å². The summed E-state index contributed by atoms with van der Waals surface area (Å²) in [5.74, 6) is 0.721. The van der Waals surface area contributed by atoms with E-state index in [4.69, 9.17) is 5.73 Å². The first-order valence-corrected chi connectivity index (χ1v) is 7.50. The maximum Gasteiger partial charge on any atom is 0.0470 e. The second-order valence-electron chi connectivity index (χ2n) is 5.99. The zero-order valence-corrected chi connectivity index (χ0v) is 13.2. The first-order chi connectivity index (χ1) is 8.99. The van der Waals surface area contributed by atoms with E-state index in [1.165, 1.54) is 17.5 Å². The van der Waals surface area contributed by atoms with Gasteiger partial charge in [0.2, 0.25) is 0 Å². The van der Waals surface area contributed by atoms with E-state index in [1.54, 1.807) is 0 Å². The fraction of sp³-hybridized carbons (Fsp3) is 0.647. The number of likely N-dealkylation sites (N-methyl/N-ethyl adjacent to an activating group) is 1. The second kappa shape index (κ2) is 7.66. The Bertz CT molecular complexity index is 356. The minimum atomic E-state index is 0.319. The fourth-order valence-corrected chi connectivity index (χ4v) is 2.67. The van der Waals surface area contributed by atoms with Crippen LogP contribution in [0.1, 0.15) is 51.3 Å². The van der Waals surface area contributed by atoms with Gasteiger partial charge in [0.05, 0.1) is 0 Å². The van der Waals surface area contributed by atoms with Crippen molar-refractivity contribution in [3.8, 4) is 0 Å². The van der Waals surface area contributed by atoms with Crippen molar-refractivity contribution in [1.29, 1.82) is 0 Å². The largest absolute Gasteiger partial charge is 0.329 e. The van der Waals surface area contributed by atoms with Crippen LogP contribution in [0.25, 0.3) is 0 Å². The summed E-state index contributed by atoms with van der Waals surface area (Å²) in [4.78, 5) is 2.42. The van der Waals surface area contributed by atoms with Gasteiger partial charge in [-0.25, -0.2) is 0 Å². The Balaban J connectivity index is 2.80. The van der Waals surface area contributed by atoms with Crippen molar-refractivity contribution in [2.45, 2.75) is 52.6 Å². The molecule has 0 amide bonds. The van der Waals surface area contributed by atoms with Crippen LogP contribution in [0, 0.1) is 5.92 Å². The zero-order chi connectivity index (χ0) is 14.4. The molecule has 0 radical (unpaired) electrons. The molecule has 1 rings (SSSR count). The molecule has 0 aliphatic heterocycles. The van der Waals surface area contributed by atoms with Gasteiger partial charge in [-0.1, -0.05) is 45.0 Å². The lowest BCUT2D eigenvalue weighted by atomic mass is 9.98. The zero-order valence-electron chi connectivity index (χ0n) is 13.2. The predicted octanol–water partition coefficient (Wildman–Crippen LogP) is 3.62. The Morgan fingerprint density at radius 2 is 1.68 bits per heavy atom. The molecule has 19 heavy (non-hydrogen) atoms. The minimum absolute atomic E-state index is 0.319. The molecule has 0 bridgehead atoms. The van der Waals surface area contributed by atoms with E-state index >= 15 is 0 Å². The molecule has 0 aliphatic carbocycles. The molecule has 0 fully saturated rings. The third-order valence-electron chi connectivity index (χ3n) is 4.00. The van der Waals surface area contributed by atoms with Crippen molar-refractivity contribution in [2.75, 3.05) is 13.6 Å². The van der Waals surface area contributed by atoms with Crippen molar-refractivity contribution >= 4 is 0 Å². The molecule has 2 N–H and O–H groups in total. The van der Waals surface area contributed by atoms with E-state index in [2.05, 4.69) is 63.9 Å². The highest BCUT2D eigenvalue weighted by molar-refractivity contribution is 5.25. The summed E-state index contributed by atoms with van der Waals surface area (Å²) in [6, 6.07) is 9.78. The number of aryl methyl sites for hydroxylation is 1. The van der Waals surface area contributed by atoms with Gasteiger partial charge in [-0.05, 0) is 43.9 Å². The molecule has 0 saturated heterocycles. The van der Waals surface area contributed by atoms with Crippen molar-refractivity contribution in [2.24, 2.45) is 11.7 Å². The molecule has 2 unspecified atom stereocenters. The molecule has 2 atom stereocenters. The molecule has 2 heteroatoms. The van der Waals surface area contributed by atoms with Gasteiger partial charge in [-0.15, -0.1) is 0 Å². The highest BCUT2D eigenvalue weighted by Gasteiger charge is 2.20. The average Bonchev–Trinajstić information content (AvgIpc) is 2.39. The van der Waals surface area contributed by atoms with Gasteiger partial charge in [0.25, 0.3) is 0 Å². The van der Waals surface area contributed by atoms with Crippen LogP contribution in [0.3, 0.4) is 0 Å². The second-order valence-corrected chi connectivity index (χ2v) is 5.99. The van der Waals surface area contributed by atoms with Gasteiger partial charge in [0.1, 0.15) is 0 Å². The Labute approximate surface area is 119 Å². The van der Waals surface area contributed by atoms with Gasteiger partial charge < -0.3 is 5.73 Å². The van der Waals surface area contributed by atoms with Gasteiger partial charge in [0, 0.05) is 18.6 Å². The highest BCUT2D eigenvalue weighted by atomic mass is 15.2. The quantitative estimate of drug-likeness (QED) is 0.813. The summed E-state index contributed by atoms with van der Waals surface area (Å²) >= 11 is 0. The fourth-order valence-electron chi connectivity index (χ4n) is 2.67. The summed E-state index contributed by atoms with van der Waals surface area (Å²) < 4.78 is 0. The molecular weight excluding hydrogens is 232 g/mol. The van der Waals surface area contributed by atoms with Gasteiger partial charge in [0.15, 0.2) is 0 Å². The first-order valence-electron chi connectivity index (χ1n) is 7.50. The van der Waals surface area contributed by atoms with Crippen LogP contribution >= 0.6 is 0 Å². The van der Waals surface area contributed by atoms with Crippen molar-refractivity contribution in [3.63, 3.8) is 0 Å². The standard InChI is InChI=1S/C17H30N2/c1-6-15-7-9-16(10-8-15)17(12-18)19(5)14(4)11-13(2)3/h7-10,13-14,17H,6,11-12,18H2,1-5H3. The van der Waals surface area contributed by atoms with E-state index in [1.807, 2.05) is 0 Å². The van der Waals surface area contributed by atoms with Crippen LogP contribution in [0.5, 0.6) is 0 Å². The summed E-state index contributed by atoms with van der Waals surface area (Å²) in [5, 5.41) is 0. The molecular formula is C17H30N2. The van der Waals surface area contributed by atoms with Crippen LogP contribution in [0.15, 0.2) is 24.3 Å². The van der Waals surface area contributed by atoms with Crippen LogP contribution in [-0.4, -0.2) is 24.5 Å². The van der Waals surface area contributed by atoms with E-state index in [0.717, 1.165) is 12.3 Å². The maximum atomic E-state index is 6.00. The van der Waals surface area contributed by atoms with E-state index in [0.29, 0.717) is 18.6 Å². The first kappa shape index (κ1) is 16.2. The minimum Gasteiger partial charge on any atom is -0.329 e. The number of hydrogen-bond donors (Lipinski definition) is 1. The number of rotatable bonds is 7. The smallest absolute Gasteiger partial charge is 0.0470 e. The molecule has 2 nitrogen and oxygen atoms in total. The van der Waals surface area contributed by atoms with Crippen LogP contribution in [0.4, 0.5) is 0 Å². The Kier molecular flexibility index (Phi) is 6.53. The lowest BCUT2D eigenvalue weighted by Gasteiger charge is -2.33. The lowest BCUT2D eigenvalue weighted by Crippen LogP contribution is -2.37. The topological polar surface area (TPSA) is 29.3 Å². The van der Waals surface area contributed by atoms with Gasteiger partial charge in [-0.2, -0.15) is 0 Å². The van der Waals surface area contributed by atoms with Crippen LogP contribution in [-0.2, 0) is 6.42 Å². The summed E-state index contributed by atoms with van der Waals surface area (Å²) in [7, 11) is 2.19. The van der Waals surface area contributed by atoms with Crippen molar-refractivity contribution in [1.82, 2.24) is 4.90 Å². The maximum absolute atomic E-state index is 6.00. The van der Waals surface area contributed by atoms with E-state index in [-0.39, 0.29) is 0 Å². The number of benzene rings is 1. The lowest BCUT2D eigenvalue weighted by molar-refractivity contribution is 0.168. The third-order valence-corrected chi connectivity index (χ3v) is 4.00. The summed E-state index contributed by atoms with van der Waals surface area (Å²) in [6.45, 7) is 9.70. The van der Waals surface area contributed by atoms with E-state index in [9.17, 15) is 0 Å². The molecule has 108 valence electrons. The Hall–Kier alpha value is -0.860. The van der Waals surface area contributed by atoms with E-state index < -0.39 is 0 Å². The normalized spacial score (nSPS) is 14.9. The molecule has 0 saturated carbocycles. The predicted molar refractivity (Wildman–Crippen MR) is 84.3 cm³/mol. The summed E-state index contributed by atoms with van der Waals surface area (Å²) in [6.07, 6.45) is 2.30. The Morgan fingerprint density at radius 3 is 2.11 bits per heavy atom. The van der Waals surface area contributed by atoms with Crippen molar-refractivity contribution in [3.05, 3.63) is 35.4 Å². The monoisotopic (exact) mass is 262 g/mol. The molecule has 0 heterocycles. The number of hydrogen-bond acceptors (Lipinski definition) is 2. The van der Waals surface area contributed by atoms with Crippen LogP contribution < -0.4 is 5.73 Å². The molecule has 0 aromatic heterocycles. The highest BCUT2D eigenvalue weighted by Crippen LogP contribution is 2.23. The Morgan fingerprint density at radius 1 is 1.11 bits per heavy atom. The third kappa shape index (κ3) is 4.63.